The van der Waals surface area contributed by atoms with Crippen molar-refractivity contribution in [3.63, 3.8) is 0 Å². The molecule has 0 N–H and O–H groups in total. The molecule has 1 aliphatic heterocycles. The summed E-state index contributed by atoms with van der Waals surface area (Å²) in [6.07, 6.45) is 1.34. The maximum atomic E-state index is 13.6. The molecule has 25 heavy (non-hydrogen) atoms. The lowest BCUT2D eigenvalue weighted by Crippen LogP contribution is -2.40. The molecule has 0 bridgehead atoms. The first-order valence-electron chi connectivity index (χ1n) is 8.49. The minimum atomic E-state index is -0.883. The van der Waals surface area contributed by atoms with Gasteiger partial charge in [-0.1, -0.05) is 12.1 Å². The zero-order valence-electron chi connectivity index (χ0n) is 13.8. The molecule has 0 radical (unpaired) electrons. The number of benzene rings is 2. The van der Waals surface area contributed by atoms with Gasteiger partial charge in [-0.05, 0) is 66.6 Å². The van der Waals surface area contributed by atoms with Crippen LogP contribution in [0.25, 0.3) is 0 Å². The molecule has 3 unspecified atom stereocenters. The summed E-state index contributed by atoms with van der Waals surface area (Å²) in [5, 5.41) is 0. The van der Waals surface area contributed by atoms with Gasteiger partial charge in [0, 0.05) is 12.5 Å². The van der Waals surface area contributed by atoms with Crippen LogP contribution in [0, 0.1) is 23.4 Å². The molecule has 5 heteroatoms. The van der Waals surface area contributed by atoms with E-state index in [4.69, 9.17) is 0 Å². The Balaban J connectivity index is 1.52. The lowest BCUT2D eigenvalue weighted by atomic mass is 9.93. The molecule has 2 aromatic rings. The highest BCUT2D eigenvalue weighted by atomic mass is 19.2. The molecule has 2 aromatic carbocycles. The number of hydrogen-bond donors (Lipinski definition) is 0. The Morgan fingerprint density at radius 1 is 1.08 bits per heavy atom. The second-order valence-corrected chi connectivity index (χ2v) is 6.92. The van der Waals surface area contributed by atoms with Crippen molar-refractivity contribution in [1.82, 2.24) is 4.90 Å². The van der Waals surface area contributed by atoms with Gasteiger partial charge in [-0.15, -0.1) is 0 Å². The van der Waals surface area contributed by atoms with Crippen molar-refractivity contribution >= 4 is 5.91 Å². The molecule has 1 saturated carbocycles. The van der Waals surface area contributed by atoms with Crippen LogP contribution in [0.2, 0.25) is 0 Å². The first kappa shape index (κ1) is 16.2. The Morgan fingerprint density at radius 3 is 2.64 bits per heavy atom. The van der Waals surface area contributed by atoms with Gasteiger partial charge < -0.3 is 4.90 Å². The summed E-state index contributed by atoms with van der Waals surface area (Å²) in [6, 6.07) is 8.37. The van der Waals surface area contributed by atoms with E-state index in [1.54, 1.807) is 17.0 Å². The topological polar surface area (TPSA) is 20.3 Å². The van der Waals surface area contributed by atoms with Crippen molar-refractivity contribution in [2.45, 2.75) is 31.7 Å². The monoisotopic (exact) mass is 345 g/mol. The number of nitrogens with zero attached hydrogens (tertiary/aromatic N) is 1. The number of halogens is 3. The molecule has 1 amide bonds. The maximum absolute atomic E-state index is 13.6. The lowest BCUT2D eigenvalue weighted by Gasteiger charge is -2.35. The first-order chi connectivity index (χ1) is 12.0. The van der Waals surface area contributed by atoms with Crippen LogP contribution in [0.3, 0.4) is 0 Å². The van der Waals surface area contributed by atoms with Gasteiger partial charge in [0.1, 0.15) is 5.82 Å². The predicted octanol–water partition coefficient (Wildman–Crippen LogP) is 4.35. The van der Waals surface area contributed by atoms with Crippen molar-refractivity contribution in [1.29, 1.82) is 0 Å². The minimum Gasteiger partial charge on any atom is -0.335 e. The van der Waals surface area contributed by atoms with Crippen LogP contribution in [-0.2, 0) is 11.2 Å². The van der Waals surface area contributed by atoms with Crippen LogP contribution in [0.1, 0.15) is 42.0 Å². The fraction of sp³-hybridized carbons (Fsp3) is 0.350. The summed E-state index contributed by atoms with van der Waals surface area (Å²) in [7, 11) is 0. The molecule has 4 rings (SSSR count). The molecule has 0 saturated heterocycles. The molecule has 3 atom stereocenters. The highest BCUT2D eigenvalue weighted by Gasteiger charge is 2.47. The van der Waals surface area contributed by atoms with E-state index in [2.05, 4.69) is 0 Å². The summed E-state index contributed by atoms with van der Waals surface area (Å²) in [5.41, 5.74) is 2.59. The fourth-order valence-corrected chi connectivity index (χ4v) is 3.88. The highest BCUT2D eigenvalue weighted by Crippen LogP contribution is 2.49. The van der Waals surface area contributed by atoms with Gasteiger partial charge in [-0.25, -0.2) is 13.2 Å². The molecule has 1 aliphatic carbocycles. The van der Waals surface area contributed by atoms with Crippen LogP contribution in [0.15, 0.2) is 36.4 Å². The van der Waals surface area contributed by atoms with Gasteiger partial charge in [0.05, 0.1) is 6.04 Å². The summed E-state index contributed by atoms with van der Waals surface area (Å²) in [4.78, 5) is 14.6. The molecule has 130 valence electrons. The van der Waals surface area contributed by atoms with E-state index in [0.717, 1.165) is 17.2 Å². The predicted molar refractivity (Wildman–Crippen MR) is 87.4 cm³/mol. The minimum absolute atomic E-state index is 0.0112. The zero-order chi connectivity index (χ0) is 17.7. The average molecular weight is 345 g/mol. The SMILES string of the molecule is CC1c2cc(F)ccc2CCN1C(=O)C1CC1c1ccc(F)c(F)c1. The van der Waals surface area contributed by atoms with Crippen LogP contribution < -0.4 is 0 Å². The van der Waals surface area contributed by atoms with E-state index < -0.39 is 11.6 Å². The van der Waals surface area contributed by atoms with Gasteiger partial charge in [0.25, 0.3) is 0 Å². The van der Waals surface area contributed by atoms with Crippen LogP contribution in [0.5, 0.6) is 0 Å². The van der Waals surface area contributed by atoms with Gasteiger partial charge >= 0.3 is 0 Å². The van der Waals surface area contributed by atoms with Crippen LogP contribution in [0.4, 0.5) is 13.2 Å². The van der Waals surface area contributed by atoms with E-state index in [0.29, 0.717) is 24.9 Å². The second kappa shape index (κ2) is 5.90. The number of carbonyl (C=O) groups excluding carboxylic acids is 1. The van der Waals surface area contributed by atoms with Crippen molar-refractivity contribution in [2.24, 2.45) is 5.92 Å². The summed E-state index contributed by atoms with van der Waals surface area (Å²) in [6.45, 7) is 2.50. The quantitative estimate of drug-likeness (QED) is 0.792. The zero-order valence-corrected chi connectivity index (χ0v) is 13.8. The third-order valence-electron chi connectivity index (χ3n) is 5.41. The normalized spacial score (nSPS) is 24.8. The standard InChI is InChI=1S/C20H18F3NO/c1-11-15-9-14(21)4-2-12(15)6-7-24(11)20(25)17-10-16(17)13-3-5-18(22)19(23)8-13/h2-5,8-9,11,16-17H,6-7,10H2,1H3. The highest BCUT2D eigenvalue weighted by molar-refractivity contribution is 5.83. The Hall–Kier alpha value is -2.30. The van der Waals surface area contributed by atoms with E-state index in [1.165, 1.54) is 18.2 Å². The number of rotatable bonds is 2. The molecular formula is C20H18F3NO. The van der Waals surface area contributed by atoms with Gasteiger partial charge in [0.2, 0.25) is 5.91 Å². The van der Waals surface area contributed by atoms with E-state index in [9.17, 15) is 18.0 Å². The summed E-state index contributed by atoms with van der Waals surface area (Å²) >= 11 is 0. The number of hydrogen-bond acceptors (Lipinski definition) is 1. The molecule has 0 spiro atoms. The summed E-state index contributed by atoms with van der Waals surface area (Å²) in [5.74, 6) is -2.32. The molecule has 0 aromatic heterocycles. The largest absolute Gasteiger partial charge is 0.335 e. The van der Waals surface area contributed by atoms with E-state index in [1.807, 2.05) is 6.92 Å². The molecule has 1 heterocycles. The maximum Gasteiger partial charge on any atom is 0.226 e. The van der Waals surface area contributed by atoms with E-state index >= 15 is 0 Å². The van der Waals surface area contributed by atoms with Gasteiger partial charge in [0.15, 0.2) is 11.6 Å². The van der Waals surface area contributed by atoms with Crippen LogP contribution in [-0.4, -0.2) is 17.4 Å². The van der Waals surface area contributed by atoms with Gasteiger partial charge in [-0.2, -0.15) is 0 Å². The second-order valence-electron chi connectivity index (χ2n) is 6.92. The molecule has 2 nitrogen and oxygen atoms in total. The third kappa shape index (κ3) is 2.81. The van der Waals surface area contributed by atoms with Crippen molar-refractivity contribution in [2.75, 3.05) is 6.54 Å². The number of fused-ring (bicyclic) bond motifs is 1. The Morgan fingerprint density at radius 2 is 1.88 bits per heavy atom. The fourth-order valence-electron chi connectivity index (χ4n) is 3.88. The van der Waals surface area contributed by atoms with Crippen LogP contribution >= 0.6 is 0 Å². The Labute approximate surface area is 144 Å². The molecule has 1 fully saturated rings. The lowest BCUT2D eigenvalue weighted by molar-refractivity contribution is -0.135. The first-order valence-corrected chi connectivity index (χ1v) is 8.49. The third-order valence-corrected chi connectivity index (χ3v) is 5.41. The van der Waals surface area contributed by atoms with Gasteiger partial charge in [-0.3, -0.25) is 4.79 Å². The molecular weight excluding hydrogens is 327 g/mol. The molecule has 2 aliphatic rings. The number of carbonyl (C=O) groups is 1. The Bertz CT molecular complexity index is 851. The van der Waals surface area contributed by atoms with Crippen molar-refractivity contribution in [3.8, 4) is 0 Å². The van der Waals surface area contributed by atoms with Crippen molar-refractivity contribution < 1.29 is 18.0 Å². The Kier molecular flexibility index (Phi) is 3.82. The number of amides is 1. The smallest absolute Gasteiger partial charge is 0.226 e. The average Bonchev–Trinajstić information content (AvgIpc) is 3.38. The summed E-state index contributed by atoms with van der Waals surface area (Å²) < 4.78 is 40.0. The van der Waals surface area contributed by atoms with E-state index in [-0.39, 0.29) is 29.6 Å². The van der Waals surface area contributed by atoms with Crippen molar-refractivity contribution in [3.05, 3.63) is 70.5 Å².